The summed E-state index contributed by atoms with van der Waals surface area (Å²) in [5, 5.41) is 8.66. The van der Waals surface area contributed by atoms with Crippen molar-refractivity contribution in [2.24, 2.45) is 11.3 Å². The van der Waals surface area contributed by atoms with E-state index in [1.165, 1.54) is 25.7 Å². The van der Waals surface area contributed by atoms with Crippen LogP contribution in [0, 0.1) is 11.3 Å². The average Bonchev–Trinajstić information content (AvgIpc) is 3.96. The maximum absolute atomic E-state index is 14.1. The van der Waals surface area contributed by atoms with E-state index in [0.29, 0.717) is 24.2 Å². The van der Waals surface area contributed by atoms with Gasteiger partial charge >= 0.3 is 0 Å². The minimum Gasteiger partial charge on any atom is -0.381 e. The standard InChI is InChI=1S/C33H40N4O4/c38-29(18-22-8-16-39-17-9-22)37(26-3-1-2-25(19-26)28-20-27(35-40-28)23-4-5-23)21-32-10-13-33(14-11-32,15-12-32)31-34-30(36-41-31)24-6-7-24/h1-3,19-20,22-24H,4-18,21H2. The van der Waals surface area contributed by atoms with Crippen molar-refractivity contribution in [3.63, 3.8) is 0 Å². The van der Waals surface area contributed by atoms with Crippen molar-refractivity contribution in [3.8, 4) is 11.3 Å². The van der Waals surface area contributed by atoms with Crippen LogP contribution in [0.2, 0.25) is 0 Å². The molecule has 1 amide bonds. The highest BCUT2D eigenvalue weighted by molar-refractivity contribution is 5.94. The predicted octanol–water partition coefficient (Wildman–Crippen LogP) is 6.92. The number of nitrogens with zero attached hydrogens (tertiary/aromatic N) is 4. The van der Waals surface area contributed by atoms with E-state index in [1.807, 2.05) is 0 Å². The zero-order chi connectivity index (χ0) is 27.4. The minimum absolute atomic E-state index is 0.0181. The molecule has 2 bridgehead atoms. The molecule has 0 unspecified atom stereocenters. The van der Waals surface area contributed by atoms with E-state index in [0.717, 1.165) is 106 Å². The van der Waals surface area contributed by atoms with E-state index < -0.39 is 0 Å². The van der Waals surface area contributed by atoms with Crippen LogP contribution in [-0.4, -0.2) is 41.0 Å². The molecule has 3 aromatic rings. The van der Waals surface area contributed by atoms with Gasteiger partial charge in [0.2, 0.25) is 11.8 Å². The highest BCUT2D eigenvalue weighted by atomic mass is 16.5. The van der Waals surface area contributed by atoms with Gasteiger partial charge in [-0.3, -0.25) is 4.79 Å². The summed E-state index contributed by atoms with van der Waals surface area (Å²) in [4.78, 5) is 21.1. The fourth-order valence-corrected chi connectivity index (χ4v) is 7.57. The molecule has 3 heterocycles. The highest BCUT2D eigenvalue weighted by Gasteiger charge is 2.53. The van der Waals surface area contributed by atoms with Gasteiger partial charge in [-0.1, -0.05) is 22.4 Å². The Hall–Kier alpha value is -3.00. The number of ether oxygens (including phenoxy) is 1. The van der Waals surface area contributed by atoms with Crippen molar-refractivity contribution >= 4 is 11.6 Å². The maximum atomic E-state index is 14.1. The lowest BCUT2D eigenvalue weighted by atomic mass is 9.53. The Morgan fingerprint density at radius 2 is 1.63 bits per heavy atom. The molecule has 6 fully saturated rings. The molecule has 216 valence electrons. The second-order valence-electron chi connectivity index (χ2n) is 13.7. The summed E-state index contributed by atoms with van der Waals surface area (Å²) in [5.41, 5.74) is 3.14. The van der Waals surface area contributed by atoms with Crippen molar-refractivity contribution in [2.75, 3.05) is 24.7 Å². The molecule has 1 aliphatic heterocycles. The zero-order valence-electron chi connectivity index (χ0n) is 23.9. The van der Waals surface area contributed by atoms with Crippen LogP contribution in [0.25, 0.3) is 11.3 Å². The quantitative estimate of drug-likeness (QED) is 0.282. The van der Waals surface area contributed by atoms with Gasteiger partial charge in [-0.15, -0.1) is 0 Å². The smallest absolute Gasteiger partial charge is 0.232 e. The fraction of sp³-hybridized carbons (Fsp3) is 0.636. The Morgan fingerprint density at radius 3 is 2.37 bits per heavy atom. The summed E-state index contributed by atoms with van der Waals surface area (Å²) < 4.78 is 17.2. The number of fused-ring (bicyclic) bond motifs is 3. The largest absolute Gasteiger partial charge is 0.381 e. The van der Waals surface area contributed by atoms with Crippen LogP contribution in [0.15, 0.2) is 39.4 Å². The van der Waals surface area contributed by atoms with E-state index in [4.69, 9.17) is 18.8 Å². The summed E-state index contributed by atoms with van der Waals surface area (Å²) in [6.45, 7) is 2.27. The molecule has 9 rings (SSSR count). The van der Waals surface area contributed by atoms with Crippen LogP contribution in [-0.2, 0) is 14.9 Å². The molecule has 0 N–H and O–H groups in total. The number of benzene rings is 1. The molecular weight excluding hydrogens is 516 g/mol. The SMILES string of the molecule is O=C(CC1CCOCC1)N(CC12CCC(c3nc(C4CC4)no3)(CC1)CC2)c1cccc(-c2cc(C3CC3)no2)c1. The molecule has 5 saturated carbocycles. The molecule has 41 heavy (non-hydrogen) atoms. The lowest BCUT2D eigenvalue weighted by Gasteiger charge is -2.53. The third kappa shape index (κ3) is 5.02. The lowest BCUT2D eigenvalue weighted by molar-refractivity contribution is -0.121. The van der Waals surface area contributed by atoms with E-state index >= 15 is 0 Å². The Morgan fingerprint density at radius 1 is 0.878 bits per heavy atom. The average molecular weight is 557 g/mol. The number of hydrogen-bond donors (Lipinski definition) is 0. The first kappa shape index (κ1) is 25.7. The summed E-state index contributed by atoms with van der Waals surface area (Å²) >= 11 is 0. The van der Waals surface area contributed by atoms with E-state index in [2.05, 4.69) is 45.5 Å². The van der Waals surface area contributed by atoms with Crippen LogP contribution in [0.5, 0.6) is 0 Å². The first-order valence-electron chi connectivity index (χ1n) is 15.9. The molecule has 8 nitrogen and oxygen atoms in total. The Kier molecular flexibility index (Phi) is 6.31. The van der Waals surface area contributed by atoms with Crippen molar-refractivity contribution in [1.82, 2.24) is 15.3 Å². The second kappa shape index (κ2) is 10.1. The molecule has 1 aromatic carbocycles. The lowest BCUT2D eigenvalue weighted by Crippen LogP contribution is -2.51. The Labute approximate surface area is 241 Å². The van der Waals surface area contributed by atoms with Gasteiger partial charge in [-0.25, -0.2) is 0 Å². The van der Waals surface area contributed by atoms with E-state index in [1.54, 1.807) is 0 Å². The Bertz CT molecular complexity index is 1390. The van der Waals surface area contributed by atoms with Gasteiger partial charge < -0.3 is 18.7 Å². The van der Waals surface area contributed by atoms with Crippen LogP contribution in [0.1, 0.15) is 113 Å². The zero-order valence-corrected chi connectivity index (χ0v) is 23.9. The number of carbonyl (C=O) groups excluding carboxylic acids is 1. The first-order chi connectivity index (χ1) is 20.1. The van der Waals surface area contributed by atoms with Gasteiger partial charge in [0.1, 0.15) is 0 Å². The van der Waals surface area contributed by atoms with Crippen LogP contribution in [0.3, 0.4) is 0 Å². The van der Waals surface area contributed by atoms with Crippen molar-refractivity contribution in [1.29, 1.82) is 0 Å². The monoisotopic (exact) mass is 556 g/mol. The van der Waals surface area contributed by atoms with Crippen molar-refractivity contribution in [3.05, 3.63) is 47.7 Å². The van der Waals surface area contributed by atoms with Gasteiger partial charge in [0.25, 0.3) is 0 Å². The molecule has 6 aliphatic rings. The molecule has 0 radical (unpaired) electrons. The number of anilines is 1. The fourth-order valence-electron chi connectivity index (χ4n) is 7.57. The number of hydrogen-bond acceptors (Lipinski definition) is 7. The third-order valence-corrected chi connectivity index (χ3v) is 10.8. The minimum atomic E-state index is 0.0181. The summed E-state index contributed by atoms with van der Waals surface area (Å²) in [5.74, 6) is 4.24. The summed E-state index contributed by atoms with van der Waals surface area (Å²) in [6.07, 6.45) is 13.7. The molecule has 0 atom stereocenters. The van der Waals surface area contributed by atoms with E-state index in [-0.39, 0.29) is 16.7 Å². The van der Waals surface area contributed by atoms with Gasteiger partial charge in [0.15, 0.2) is 11.6 Å². The molecule has 8 heteroatoms. The molecule has 0 spiro atoms. The Balaban J connectivity index is 1.04. The van der Waals surface area contributed by atoms with Crippen molar-refractivity contribution < 1.29 is 18.6 Å². The summed E-state index contributed by atoms with van der Waals surface area (Å²) in [6, 6.07) is 10.4. The highest BCUT2D eigenvalue weighted by Crippen LogP contribution is 2.58. The van der Waals surface area contributed by atoms with Crippen LogP contribution in [0.4, 0.5) is 5.69 Å². The molecule has 5 aliphatic carbocycles. The number of rotatable bonds is 9. The normalized spacial score (nSPS) is 28.2. The molecular formula is C33H40N4O4. The maximum Gasteiger partial charge on any atom is 0.232 e. The van der Waals surface area contributed by atoms with Gasteiger partial charge in [-0.2, -0.15) is 4.98 Å². The topological polar surface area (TPSA) is 94.5 Å². The number of amides is 1. The number of aromatic nitrogens is 3. The van der Waals surface area contributed by atoms with E-state index in [9.17, 15) is 4.79 Å². The van der Waals surface area contributed by atoms with Crippen LogP contribution >= 0.6 is 0 Å². The molecule has 1 saturated heterocycles. The number of carbonyl (C=O) groups is 1. The summed E-state index contributed by atoms with van der Waals surface area (Å²) in [7, 11) is 0. The van der Waals surface area contributed by atoms with Gasteiger partial charge in [-0.05, 0) is 101 Å². The second-order valence-corrected chi connectivity index (χ2v) is 13.7. The molecule has 2 aromatic heterocycles. The van der Waals surface area contributed by atoms with Crippen LogP contribution < -0.4 is 4.90 Å². The van der Waals surface area contributed by atoms with Gasteiger partial charge in [0.05, 0.1) is 5.69 Å². The predicted molar refractivity (Wildman–Crippen MR) is 153 cm³/mol. The van der Waals surface area contributed by atoms with Crippen molar-refractivity contribution in [2.45, 2.75) is 101 Å². The third-order valence-electron chi connectivity index (χ3n) is 10.8. The first-order valence-corrected chi connectivity index (χ1v) is 15.9. The van der Waals surface area contributed by atoms with Gasteiger partial charge in [0, 0.05) is 60.7 Å².